The molecule has 0 radical (unpaired) electrons. The van der Waals surface area contributed by atoms with Crippen LogP contribution in [0, 0.1) is 6.92 Å². The second-order valence-corrected chi connectivity index (χ2v) is 10.2. The number of nitrogens with zero attached hydrogens (tertiary/aromatic N) is 4. The number of benzene rings is 2. The quantitative estimate of drug-likeness (QED) is 0.360. The zero-order valence-electron chi connectivity index (χ0n) is 19.0. The van der Waals surface area contributed by atoms with Crippen molar-refractivity contribution in [2.45, 2.75) is 20.1 Å². The van der Waals surface area contributed by atoms with E-state index >= 15 is 0 Å². The SMILES string of the molecule is Cc1nc(COc2cccc(C(=O)N3CCN(Cc4csc(-c5ccccc5)n4)CC3)c2)cs1. The average molecular weight is 491 g/mol. The summed E-state index contributed by atoms with van der Waals surface area (Å²) < 4.78 is 5.86. The molecule has 34 heavy (non-hydrogen) atoms. The molecular weight excluding hydrogens is 464 g/mol. The molecule has 1 amide bonds. The molecule has 174 valence electrons. The van der Waals surface area contributed by atoms with Crippen LogP contribution in [0.1, 0.15) is 26.8 Å². The topological polar surface area (TPSA) is 58.6 Å². The summed E-state index contributed by atoms with van der Waals surface area (Å²) in [6.07, 6.45) is 0. The minimum absolute atomic E-state index is 0.0506. The molecule has 0 unspecified atom stereocenters. The van der Waals surface area contributed by atoms with Crippen LogP contribution in [0.25, 0.3) is 10.6 Å². The van der Waals surface area contributed by atoms with E-state index in [1.807, 2.05) is 59.7 Å². The van der Waals surface area contributed by atoms with Crippen LogP contribution in [0.5, 0.6) is 5.75 Å². The molecule has 2 aromatic heterocycles. The maximum atomic E-state index is 13.1. The van der Waals surface area contributed by atoms with E-state index in [-0.39, 0.29) is 5.91 Å². The fraction of sp³-hybridized carbons (Fsp3) is 0.269. The van der Waals surface area contributed by atoms with Gasteiger partial charge in [-0.05, 0) is 25.1 Å². The molecule has 8 heteroatoms. The van der Waals surface area contributed by atoms with E-state index in [4.69, 9.17) is 9.72 Å². The highest BCUT2D eigenvalue weighted by Gasteiger charge is 2.23. The van der Waals surface area contributed by atoms with Gasteiger partial charge in [0.1, 0.15) is 17.4 Å². The Morgan fingerprint density at radius 2 is 1.74 bits per heavy atom. The predicted molar refractivity (Wildman–Crippen MR) is 136 cm³/mol. The van der Waals surface area contributed by atoms with E-state index < -0.39 is 0 Å². The van der Waals surface area contributed by atoms with Gasteiger partial charge in [0.25, 0.3) is 5.91 Å². The lowest BCUT2D eigenvalue weighted by atomic mass is 10.1. The Hall–Kier alpha value is -3.07. The average Bonchev–Trinajstić information content (AvgIpc) is 3.52. The molecule has 1 fully saturated rings. The van der Waals surface area contributed by atoms with E-state index in [2.05, 4.69) is 27.4 Å². The number of ether oxygens (including phenoxy) is 1. The molecule has 1 aliphatic rings. The lowest BCUT2D eigenvalue weighted by molar-refractivity contribution is 0.0627. The van der Waals surface area contributed by atoms with E-state index in [0.717, 1.165) is 46.6 Å². The maximum Gasteiger partial charge on any atom is 0.254 e. The van der Waals surface area contributed by atoms with Crippen LogP contribution in [0.15, 0.2) is 65.4 Å². The van der Waals surface area contributed by atoms with Crippen molar-refractivity contribution in [1.29, 1.82) is 0 Å². The number of hydrogen-bond donors (Lipinski definition) is 0. The third kappa shape index (κ3) is 5.52. The lowest BCUT2D eigenvalue weighted by Crippen LogP contribution is -2.48. The summed E-state index contributed by atoms with van der Waals surface area (Å²) >= 11 is 3.29. The van der Waals surface area contributed by atoms with Crippen LogP contribution in [-0.4, -0.2) is 51.9 Å². The third-order valence-electron chi connectivity index (χ3n) is 5.75. The van der Waals surface area contributed by atoms with Crippen molar-refractivity contribution in [3.8, 4) is 16.3 Å². The highest BCUT2D eigenvalue weighted by Crippen LogP contribution is 2.24. The van der Waals surface area contributed by atoms with Crippen molar-refractivity contribution >= 4 is 28.6 Å². The summed E-state index contributed by atoms with van der Waals surface area (Å²) in [4.78, 5) is 26.6. The number of thiazole rings is 2. The largest absolute Gasteiger partial charge is 0.487 e. The lowest BCUT2D eigenvalue weighted by Gasteiger charge is -2.34. The number of aryl methyl sites for hydroxylation is 1. The van der Waals surface area contributed by atoms with Crippen LogP contribution < -0.4 is 4.74 Å². The maximum absolute atomic E-state index is 13.1. The van der Waals surface area contributed by atoms with Gasteiger partial charge in [-0.3, -0.25) is 9.69 Å². The van der Waals surface area contributed by atoms with Gasteiger partial charge in [-0.1, -0.05) is 36.4 Å². The number of rotatable bonds is 7. The van der Waals surface area contributed by atoms with Crippen LogP contribution in [0.4, 0.5) is 0 Å². The second-order valence-electron chi connectivity index (χ2n) is 8.25. The Morgan fingerprint density at radius 1 is 0.941 bits per heavy atom. The molecule has 0 bridgehead atoms. The zero-order valence-corrected chi connectivity index (χ0v) is 20.6. The standard InChI is InChI=1S/C26H26N4O2S2/c1-19-27-23(18-33-19)16-32-24-9-5-8-21(14-24)26(31)30-12-10-29(11-13-30)15-22-17-34-25(28-22)20-6-3-2-4-7-20/h2-9,14,17-18H,10-13,15-16H2,1H3. The van der Waals surface area contributed by atoms with Gasteiger partial charge in [-0.25, -0.2) is 9.97 Å². The summed E-state index contributed by atoms with van der Waals surface area (Å²) in [5.41, 5.74) is 3.81. The van der Waals surface area contributed by atoms with Crippen LogP contribution in [0.3, 0.4) is 0 Å². The fourth-order valence-corrected chi connectivity index (χ4v) is 5.38. The highest BCUT2D eigenvalue weighted by molar-refractivity contribution is 7.13. The first-order valence-corrected chi connectivity index (χ1v) is 13.1. The predicted octanol–water partition coefficient (Wildman–Crippen LogP) is 5.11. The zero-order chi connectivity index (χ0) is 23.3. The number of carbonyl (C=O) groups is 1. The summed E-state index contributed by atoms with van der Waals surface area (Å²) in [5, 5.41) is 6.21. The van der Waals surface area contributed by atoms with Crippen molar-refractivity contribution in [3.63, 3.8) is 0 Å². The Morgan fingerprint density at radius 3 is 2.50 bits per heavy atom. The molecule has 2 aromatic carbocycles. The molecule has 4 aromatic rings. The first-order chi connectivity index (χ1) is 16.6. The molecule has 0 spiro atoms. The normalized spacial score (nSPS) is 14.3. The molecule has 1 aliphatic heterocycles. The number of carbonyl (C=O) groups excluding carboxylic acids is 1. The molecule has 3 heterocycles. The van der Waals surface area contributed by atoms with Gasteiger partial charge < -0.3 is 9.64 Å². The minimum Gasteiger partial charge on any atom is -0.487 e. The smallest absolute Gasteiger partial charge is 0.254 e. The van der Waals surface area contributed by atoms with Gasteiger partial charge in [0.15, 0.2) is 0 Å². The van der Waals surface area contributed by atoms with Gasteiger partial charge in [-0.2, -0.15) is 0 Å². The van der Waals surface area contributed by atoms with E-state index in [1.165, 1.54) is 0 Å². The molecule has 0 atom stereocenters. The molecule has 6 nitrogen and oxygen atoms in total. The monoisotopic (exact) mass is 490 g/mol. The molecule has 0 saturated carbocycles. The number of hydrogen-bond acceptors (Lipinski definition) is 7. The van der Waals surface area contributed by atoms with E-state index in [9.17, 15) is 4.79 Å². The van der Waals surface area contributed by atoms with Crippen molar-refractivity contribution < 1.29 is 9.53 Å². The summed E-state index contributed by atoms with van der Waals surface area (Å²) in [6, 6.07) is 17.7. The first kappa shape index (κ1) is 22.7. The second kappa shape index (κ2) is 10.5. The van der Waals surface area contributed by atoms with Gasteiger partial charge in [0.05, 0.1) is 16.4 Å². The van der Waals surface area contributed by atoms with E-state index in [0.29, 0.717) is 31.0 Å². The number of amides is 1. The van der Waals surface area contributed by atoms with E-state index in [1.54, 1.807) is 22.7 Å². The van der Waals surface area contributed by atoms with Gasteiger partial charge in [-0.15, -0.1) is 22.7 Å². The molecule has 1 saturated heterocycles. The summed E-state index contributed by atoms with van der Waals surface area (Å²) in [6.45, 7) is 6.28. The fourth-order valence-electron chi connectivity index (χ4n) is 3.96. The minimum atomic E-state index is 0.0506. The Labute approximate surface area is 207 Å². The summed E-state index contributed by atoms with van der Waals surface area (Å²) in [7, 11) is 0. The molecule has 0 N–H and O–H groups in total. The number of piperazine rings is 1. The summed E-state index contributed by atoms with van der Waals surface area (Å²) in [5.74, 6) is 0.738. The van der Waals surface area contributed by atoms with Gasteiger partial charge in [0.2, 0.25) is 0 Å². The Bertz CT molecular complexity index is 1250. The van der Waals surface area contributed by atoms with Gasteiger partial charge in [0, 0.05) is 54.6 Å². The molecular formula is C26H26N4O2S2. The molecule has 5 rings (SSSR count). The van der Waals surface area contributed by atoms with Gasteiger partial charge >= 0.3 is 0 Å². The van der Waals surface area contributed by atoms with Crippen LogP contribution >= 0.6 is 22.7 Å². The third-order valence-corrected chi connectivity index (χ3v) is 7.51. The van der Waals surface area contributed by atoms with Crippen molar-refractivity contribution in [1.82, 2.24) is 19.8 Å². The number of aromatic nitrogens is 2. The Balaban J connectivity index is 1.14. The Kier molecular flexibility index (Phi) is 6.99. The highest BCUT2D eigenvalue weighted by atomic mass is 32.1. The van der Waals surface area contributed by atoms with Crippen molar-refractivity contribution in [3.05, 3.63) is 87.3 Å². The molecule has 0 aliphatic carbocycles. The van der Waals surface area contributed by atoms with Crippen LogP contribution in [-0.2, 0) is 13.2 Å². The van der Waals surface area contributed by atoms with Crippen LogP contribution in [0.2, 0.25) is 0 Å². The van der Waals surface area contributed by atoms with Crippen molar-refractivity contribution in [2.75, 3.05) is 26.2 Å². The van der Waals surface area contributed by atoms with Crippen molar-refractivity contribution in [2.24, 2.45) is 0 Å². The first-order valence-electron chi connectivity index (χ1n) is 11.3.